The summed E-state index contributed by atoms with van der Waals surface area (Å²) in [5, 5.41) is 0. The van der Waals surface area contributed by atoms with Gasteiger partial charge in [0, 0.05) is 6.04 Å². The third-order valence-electron chi connectivity index (χ3n) is 5.01. The Morgan fingerprint density at radius 1 is 1.04 bits per heavy atom. The van der Waals surface area contributed by atoms with Crippen molar-refractivity contribution in [3.8, 4) is 0 Å². The van der Waals surface area contributed by atoms with Gasteiger partial charge in [-0.15, -0.1) is 0 Å². The molecule has 0 aromatic heterocycles. The number of nitrogens with zero attached hydrogens (tertiary/aromatic N) is 1. The van der Waals surface area contributed by atoms with E-state index in [1.165, 1.54) is 4.90 Å². The molecule has 7 heteroatoms. The molecule has 0 spiro atoms. The van der Waals surface area contributed by atoms with Crippen molar-refractivity contribution in [1.82, 2.24) is 4.90 Å². The molecule has 1 fully saturated rings. The molecule has 1 aromatic carbocycles. The van der Waals surface area contributed by atoms with Crippen LogP contribution in [-0.2, 0) is 19.1 Å². The molecule has 0 saturated heterocycles. The largest absolute Gasteiger partial charge is 0.465 e. The molecule has 0 N–H and O–H groups in total. The molecule has 7 nitrogen and oxygen atoms in total. The van der Waals surface area contributed by atoms with Gasteiger partial charge in [0.2, 0.25) is 0 Å². The molecule has 1 atom stereocenters. The Balaban J connectivity index is 1.88. The second-order valence-electron chi connectivity index (χ2n) is 6.45. The number of esters is 2. The quantitative estimate of drug-likeness (QED) is 0.453. The average molecular weight is 359 g/mol. The van der Waals surface area contributed by atoms with Gasteiger partial charge in [0.15, 0.2) is 5.41 Å². The first-order valence-corrected chi connectivity index (χ1v) is 8.77. The van der Waals surface area contributed by atoms with Crippen LogP contribution in [0.4, 0.5) is 0 Å². The topological polar surface area (TPSA) is 90.0 Å². The normalized spacial score (nSPS) is 20.8. The Morgan fingerprint density at radius 2 is 1.54 bits per heavy atom. The van der Waals surface area contributed by atoms with Crippen LogP contribution < -0.4 is 0 Å². The van der Waals surface area contributed by atoms with E-state index in [4.69, 9.17) is 9.47 Å². The van der Waals surface area contributed by atoms with Crippen molar-refractivity contribution < 1.29 is 28.7 Å². The molecule has 1 aliphatic carbocycles. The number of ether oxygens (including phenoxy) is 2. The lowest BCUT2D eigenvalue weighted by Gasteiger charge is -2.26. The summed E-state index contributed by atoms with van der Waals surface area (Å²) in [5.41, 5.74) is -0.768. The molecule has 3 rings (SSSR count). The van der Waals surface area contributed by atoms with E-state index in [1.54, 1.807) is 38.1 Å². The van der Waals surface area contributed by atoms with Crippen molar-refractivity contribution in [3.63, 3.8) is 0 Å². The van der Waals surface area contributed by atoms with Crippen molar-refractivity contribution in [2.75, 3.05) is 13.2 Å². The van der Waals surface area contributed by atoms with Crippen LogP contribution in [0, 0.1) is 5.41 Å². The van der Waals surface area contributed by atoms with E-state index < -0.39 is 23.4 Å². The zero-order valence-electron chi connectivity index (χ0n) is 14.8. The van der Waals surface area contributed by atoms with Crippen molar-refractivity contribution >= 4 is 23.8 Å². The monoisotopic (exact) mass is 359 g/mol. The minimum atomic E-state index is -1.47. The SMILES string of the molecule is CCOC(=O)C1(C(=O)OCC)CCC(N2C(=O)c3ccccc3C2=O)C1. The molecule has 0 bridgehead atoms. The standard InChI is InChI=1S/C19H21NO6/c1-3-25-17(23)19(18(24)26-4-2)10-9-12(11-19)20-15(21)13-7-5-6-8-14(13)16(20)22/h5-8,12H,3-4,9-11H2,1-2H3. The summed E-state index contributed by atoms with van der Waals surface area (Å²) in [6, 6.07) is 6.06. The summed E-state index contributed by atoms with van der Waals surface area (Å²) < 4.78 is 10.2. The van der Waals surface area contributed by atoms with Gasteiger partial charge in [-0.05, 0) is 45.2 Å². The minimum absolute atomic E-state index is 0.0239. The summed E-state index contributed by atoms with van der Waals surface area (Å²) in [7, 11) is 0. The van der Waals surface area contributed by atoms with Crippen molar-refractivity contribution in [1.29, 1.82) is 0 Å². The average Bonchev–Trinajstić information content (AvgIpc) is 3.17. The molecule has 2 aliphatic rings. The van der Waals surface area contributed by atoms with Crippen molar-refractivity contribution in [3.05, 3.63) is 35.4 Å². The van der Waals surface area contributed by atoms with Crippen LogP contribution in [0.25, 0.3) is 0 Å². The van der Waals surface area contributed by atoms with Crippen LogP contribution >= 0.6 is 0 Å². The highest BCUT2D eigenvalue weighted by atomic mass is 16.6. The number of carbonyl (C=O) groups excluding carboxylic acids is 4. The van der Waals surface area contributed by atoms with E-state index in [2.05, 4.69) is 0 Å². The molecule has 1 aliphatic heterocycles. The Kier molecular flexibility index (Phi) is 4.80. The smallest absolute Gasteiger partial charge is 0.323 e. The zero-order valence-corrected chi connectivity index (χ0v) is 14.8. The molecule has 1 unspecified atom stereocenters. The number of fused-ring (bicyclic) bond motifs is 1. The highest BCUT2D eigenvalue weighted by Crippen LogP contribution is 2.44. The molecular formula is C19H21NO6. The van der Waals surface area contributed by atoms with E-state index in [1.807, 2.05) is 0 Å². The van der Waals surface area contributed by atoms with E-state index >= 15 is 0 Å². The molecule has 1 aromatic rings. The minimum Gasteiger partial charge on any atom is -0.465 e. The maximum Gasteiger partial charge on any atom is 0.323 e. The highest BCUT2D eigenvalue weighted by Gasteiger charge is 2.57. The summed E-state index contributed by atoms with van der Waals surface area (Å²) in [6.45, 7) is 3.59. The lowest BCUT2D eigenvalue weighted by atomic mass is 9.86. The Hall–Kier alpha value is -2.70. The van der Waals surface area contributed by atoms with Gasteiger partial charge in [-0.25, -0.2) is 0 Å². The fraction of sp³-hybridized carbons (Fsp3) is 0.474. The fourth-order valence-electron chi connectivity index (χ4n) is 3.77. The third-order valence-corrected chi connectivity index (χ3v) is 5.01. The maximum absolute atomic E-state index is 12.7. The van der Waals surface area contributed by atoms with Crippen LogP contribution in [0.5, 0.6) is 0 Å². The van der Waals surface area contributed by atoms with Crippen molar-refractivity contribution in [2.24, 2.45) is 5.41 Å². The lowest BCUT2D eigenvalue weighted by molar-refractivity contribution is -0.171. The first-order valence-electron chi connectivity index (χ1n) is 8.77. The second-order valence-corrected chi connectivity index (χ2v) is 6.45. The Labute approximate surface area is 151 Å². The summed E-state index contributed by atoms with van der Waals surface area (Å²) in [4.78, 5) is 51.5. The molecule has 1 saturated carbocycles. The number of hydrogen-bond donors (Lipinski definition) is 0. The molecule has 0 radical (unpaired) electrons. The second kappa shape index (κ2) is 6.90. The van der Waals surface area contributed by atoms with Crippen molar-refractivity contribution in [2.45, 2.75) is 39.2 Å². The number of hydrogen-bond acceptors (Lipinski definition) is 6. The first-order chi connectivity index (χ1) is 12.5. The fourth-order valence-corrected chi connectivity index (χ4v) is 3.77. The van der Waals surface area contributed by atoms with Gasteiger partial charge < -0.3 is 9.47 Å². The van der Waals surface area contributed by atoms with E-state index in [-0.39, 0.29) is 37.9 Å². The van der Waals surface area contributed by atoms with E-state index in [0.717, 1.165) is 0 Å². The number of carbonyl (C=O) groups is 4. The Morgan fingerprint density at radius 3 is 2.00 bits per heavy atom. The molecular weight excluding hydrogens is 338 g/mol. The predicted molar refractivity (Wildman–Crippen MR) is 90.3 cm³/mol. The molecule has 2 amide bonds. The first kappa shape index (κ1) is 18.1. The van der Waals surface area contributed by atoms with E-state index in [0.29, 0.717) is 17.5 Å². The Bertz CT molecular complexity index is 718. The summed E-state index contributed by atoms with van der Waals surface area (Å²) in [5.74, 6) is -2.09. The zero-order chi connectivity index (χ0) is 18.9. The molecule has 138 valence electrons. The number of amides is 2. The summed E-state index contributed by atoms with van der Waals surface area (Å²) in [6.07, 6.45) is 0.558. The number of rotatable bonds is 5. The molecule has 1 heterocycles. The van der Waals surface area contributed by atoms with Gasteiger partial charge >= 0.3 is 11.9 Å². The van der Waals surface area contributed by atoms with Crippen LogP contribution in [0.1, 0.15) is 53.8 Å². The summed E-state index contributed by atoms with van der Waals surface area (Å²) >= 11 is 0. The third kappa shape index (κ3) is 2.67. The predicted octanol–water partition coefficient (Wildman–Crippen LogP) is 1.95. The van der Waals surface area contributed by atoms with Crippen LogP contribution in [0.3, 0.4) is 0 Å². The lowest BCUT2D eigenvalue weighted by Crippen LogP contribution is -2.44. The van der Waals surface area contributed by atoms with Gasteiger partial charge in [-0.3, -0.25) is 24.1 Å². The number of imide groups is 1. The van der Waals surface area contributed by atoms with Gasteiger partial charge in [0.1, 0.15) is 0 Å². The molecule has 26 heavy (non-hydrogen) atoms. The highest BCUT2D eigenvalue weighted by molar-refractivity contribution is 6.21. The maximum atomic E-state index is 12.7. The van der Waals surface area contributed by atoms with Gasteiger partial charge in [0.25, 0.3) is 11.8 Å². The van der Waals surface area contributed by atoms with Crippen LogP contribution in [0.15, 0.2) is 24.3 Å². The van der Waals surface area contributed by atoms with Crippen LogP contribution in [-0.4, -0.2) is 47.9 Å². The van der Waals surface area contributed by atoms with E-state index in [9.17, 15) is 19.2 Å². The van der Waals surface area contributed by atoms with Gasteiger partial charge in [-0.1, -0.05) is 12.1 Å². The van der Waals surface area contributed by atoms with Gasteiger partial charge in [0.05, 0.1) is 24.3 Å². The number of benzene rings is 1. The van der Waals surface area contributed by atoms with Gasteiger partial charge in [-0.2, -0.15) is 0 Å². The van der Waals surface area contributed by atoms with Crippen LogP contribution in [0.2, 0.25) is 0 Å².